The average molecular weight is 708 g/mol. The number of nitrogens with zero attached hydrogens (tertiary/aromatic N) is 3. The SMILES string of the molecule is CCOP1(=O)CCN(Cc2ccccc2-c2nccs2)CC1(CCCCN(C(=O)OC(C)(C)C)C(=O)OC(C)(C)C)C(=O)OC(C)(C)C. The molecule has 0 spiro atoms. The Hall–Kier alpha value is -2.79. The van der Waals surface area contributed by atoms with Gasteiger partial charge in [-0.1, -0.05) is 24.3 Å². The first-order chi connectivity index (χ1) is 22.2. The molecule has 2 unspecified atom stereocenters. The number of carbonyl (C=O) groups excluding carboxylic acids is 3. The summed E-state index contributed by atoms with van der Waals surface area (Å²) in [6.45, 7) is 18.8. The standard InChI is InChI=1S/C35H54N3O8PS/c1-11-43-47(42)22-21-37(24-26-16-12-13-17-27(26)28-36-19-23-48-28)25-35(47,29(39)44-32(2,3)4)18-14-15-20-38(30(40)45-33(5,6)7)31(41)46-34(8,9)10/h12-13,16-17,19,23H,11,14-15,18,20-22,24-25H2,1-10H3. The number of imide groups is 1. The van der Waals surface area contributed by atoms with Gasteiger partial charge >= 0.3 is 18.2 Å². The van der Waals surface area contributed by atoms with Gasteiger partial charge in [0.25, 0.3) is 0 Å². The van der Waals surface area contributed by atoms with Crippen molar-refractivity contribution < 1.29 is 37.7 Å². The highest BCUT2D eigenvalue weighted by Crippen LogP contribution is 2.64. The second-order valence-electron chi connectivity index (χ2n) is 15.1. The van der Waals surface area contributed by atoms with Crippen molar-refractivity contribution in [3.63, 3.8) is 0 Å². The zero-order valence-corrected chi connectivity index (χ0v) is 32.0. The van der Waals surface area contributed by atoms with Crippen LogP contribution in [0.5, 0.6) is 0 Å². The molecule has 13 heteroatoms. The lowest BCUT2D eigenvalue weighted by molar-refractivity contribution is -0.160. The van der Waals surface area contributed by atoms with Crippen molar-refractivity contribution in [1.82, 2.24) is 14.8 Å². The molecule has 268 valence electrons. The van der Waals surface area contributed by atoms with E-state index in [0.717, 1.165) is 21.0 Å². The van der Waals surface area contributed by atoms with Crippen LogP contribution in [0.4, 0.5) is 9.59 Å². The van der Waals surface area contributed by atoms with Crippen LogP contribution in [0.2, 0.25) is 0 Å². The van der Waals surface area contributed by atoms with Crippen LogP contribution in [-0.4, -0.2) is 87.3 Å². The number of benzene rings is 1. The van der Waals surface area contributed by atoms with Crippen LogP contribution in [0, 0.1) is 0 Å². The van der Waals surface area contributed by atoms with Crippen LogP contribution in [-0.2, 0) is 34.6 Å². The molecule has 0 saturated carbocycles. The predicted molar refractivity (Wildman–Crippen MR) is 189 cm³/mol. The highest BCUT2D eigenvalue weighted by Gasteiger charge is 2.59. The molecule has 1 aliphatic heterocycles. The number of amides is 2. The number of carbonyl (C=O) groups is 3. The Morgan fingerprint density at radius 1 is 0.938 bits per heavy atom. The number of esters is 1. The fourth-order valence-corrected chi connectivity index (χ4v) is 9.25. The molecule has 1 aromatic heterocycles. The van der Waals surface area contributed by atoms with Crippen LogP contribution in [0.25, 0.3) is 10.6 Å². The Balaban J connectivity index is 1.92. The molecule has 0 bridgehead atoms. The molecule has 3 rings (SSSR count). The summed E-state index contributed by atoms with van der Waals surface area (Å²) >= 11 is 1.56. The molecule has 2 heterocycles. The molecular weight excluding hydrogens is 653 g/mol. The number of unbranched alkanes of at least 4 members (excludes halogenated alkanes) is 1. The summed E-state index contributed by atoms with van der Waals surface area (Å²) in [5, 5.41) is 1.37. The van der Waals surface area contributed by atoms with Crippen molar-refractivity contribution in [2.75, 3.05) is 32.4 Å². The van der Waals surface area contributed by atoms with E-state index in [4.69, 9.17) is 18.7 Å². The first-order valence-corrected chi connectivity index (χ1v) is 19.3. The molecule has 1 saturated heterocycles. The van der Waals surface area contributed by atoms with Gasteiger partial charge in [-0.05, 0) is 94.1 Å². The molecule has 2 aromatic rings. The molecule has 0 aliphatic carbocycles. The van der Waals surface area contributed by atoms with E-state index >= 15 is 0 Å². The summed E-state index contributed by atoms with van der Waals surface area (Å²) in [4.78, 5) is 48.0. The Morgan fingerprint density at radius 3 is 2.08 bits per heavy atom. The van der Waals surface area contributed by atoms with Crippen LogP contribution in [0.1, 0.15) is 94.1 Å². The first-order valence-electron chi connectivity index (χ1n) is 16.6. The molecule has 11 nitrogen and oxygen atoms in total. The Kier molecular flexibility index (Phi) is 13.1. The minimum absolute atomic E-state index is 0.0158. The number of rotatable bonds is 11. The quantitative estimate of drug-likeness (QED) is 0.0974. The average Bonchev–Trinajstić information content (AvgIpc) is 3.47. The van der Waals surface area contributed by atoms with E-state index in [2.05, 4.69) is 9.88 Å². The number of aromatic nitrogens is 1. The van der Waals surface area contributed by atoms with E-state index in [1.807, 2.05) is 29.6 Å². The lowest BCUT2D eigenvalue weighted by Crippen LogP contribution is -2.56. The second-order valence-corrected chi connectivity index (χ2v) is 18.9. The number of thiazole rings is 1. The van der Waals surface area contributed by atoms with Gasteiger partial charge in [-0.25, -0.2) is 19.5 Å². The van der Waals surface area contributed by atoms with Gasteiger partial charge in [0, 0.05) is 49.5 Å². The van der Waals surface area contributed by atoms with Gasteiger partial charge in [0.05, 0.1) is 6.61 Å². The predicted octanol–water partition coefficient (Wildman–Crippen LogP) is 8.36. The molecule has 0 N–H and O–H groups in total. The minimum Gasteiger partial charge on any atom is -0.459 e. The maximum atomic E-state index is 14.8. The van der Waals surface area contributed by atoms with E-state index in [-0.39, 0.29) is 32.3 Å². The maximum absolute atomic E-state index is 14.8. The van der Waals surface area contributed by atoms with Crippen LogP contribution < -0.4 is 0 Å². The van der Waals surface area contributed by atoms with Crippen molar-refractivity contribution >= 4 is 36.9 Å². The number of hydrogen-bond acceptors (Lipinski definition) is 11. The second kappa shape index (κ2) is 15.8. The monoisotopic (exact) mass is 707 g/mol. The Bertz CT molecular complexity index is 1420. The summed E-state index contributed by atoms with van der Waals surface area (Å²) < 4.78 is 37.8. The van der Waals surface area contributed by atoms with Crippen LogP contribution >= 0.6 is 18.7 Å². The molecule has 1 aliphatic rings. The van der Waals surface area contributed by atoms with Crippen molar-refractivity contribution in [3.8, 4) is 10.6 Å². The fourth-order valence-electron chi connectivity index (χ4n) is 5.55. The summed E-state index contributed by atoms with van der Waals surface area (Å²) in [5.41, 5.74) is -0.425. The fraction of sp³-hybridized carbons (Fsp3) is 0.657. The van der Waals surface area contributed by atoms with Crippen molar-refractivity contribution in [2.24, 2.45) is 0 Å². The lowest BCUT2D eigenvalue weighted by Gasteiger charge is -2.46. The van der Waals surface area contributed by atoms with Crippen LogP contribution in [0.3, 0.4) is 0 Å². The van der Waals surface area contributed by atoms with E-state index in [0.29, 0.717) is 25.9 Å². The van der Waals surface area contributed by atoms with Crippen molar-refractivity contribution in [3.05, 3.63) is 41.4 Å². The van der Waals surface area contributed by atoms with Gasteiger partial charge in [0.1, 0.15) is 21.8 Å². The van der Waals surface area contributed by atoms with Gasteiger partial charge < -0.3 is 18.7 Å². The van der Waals surface area contributed by atoms with Gasteiger partial charge in [0.2, 0.25) is 7.37 Å². The smallest absolute Gasteiger partial charge is 0.419 e. The van der Waals surface area contributed by atoms with Crippen LogP contribution in [0.15, 0.2) is 35.8 Å². The van der Waals surface area contributed by atoms with Gasteiger partial charge in [0.15, 0.2) is 5.16 Å². The molecule has 48 heavy (non-hydrogen) atoms. The highest BCUT2D eigenvalue weighted by molar-refractivity contribution is 7.62. The van der Waals surface area contributed by atoms with E-state index in [9.17, 15) is 18.9 Å². The number of hydrogen-bond donors (Lipinski definition) is 0. The normalized spacial score (nSPS) is 20.6. The Labute approximate surface area is 290 Å². The van der Waals surface area contributed by atoms with E-state index in [1.54, 1.807) is 86.8 Å². The molecule has 2 atom stereocenters. The molecule has 1 aromatic carbocycles. The maximum Gasteiger partial charge on any atom is 0.419 e. The largest absolute Gasteiger partial charge is 0.459 e. The molecule has 0 radical (unpaired) electrons. The minimum atomic E-state index is -3.58. The van der Waals surface area contributed by atoms with Crippen molar-refractivity contribution in [1.29, 1.82) is 0 Å². The molecular formula is C35H54N3O8PS. The zero-order chi connectivity index (χ0) is 36.0. The summed E-state index contributed by atoms with van der Waals surface area (Å²) in [5.74, 6) is -0.569. The van der Waals surface area contributed by atoms with Gasteiger partial charge in [-0.2, -0.15) is 0 Å². The Morgan fingerprint density at radius 2 is 1.54 bits per heavy atom. The third-order valence-corrected chi connectivity index (χ3v) is 11.6. The molecule has 1 fully saturated rings. The van der Waals surface area contributed by atoms with E-state index < -0.39 is 47.5 Å². The highest BCUT2D eigenvalue weighted by atomic mass is 32.1. The summed E-state index contributed by atoms with van der Waals surface area (Å²) in [6, 6.07) is 8.03. The van der Waals surface area contributed by atoms with Gasteiger partial charge in [-0.3, -0.25) is 14.3 Å². The third kappa shape index (κ3) is 10.9. The third-order valence-electron chi connectivity index (χ3n) is 7.49. The lowest BCUT2D eigenvalue weighted by atomic mass is 9.98. The van der Waals surface area contributed by atoms with Crippen molar-refractivity contribution in [2.45, 2.75) is 117 Å². The molecule has 2 amide bonds. The van der Waals surface area contributed by atoms with E-state index in [1.165, 1.54) is 0 Å². The zero-order valence-electron chi connectivity index (χ0n) is 30.3. The van der Waals surface area contributed by atoms with Gasteiger partial charge in [-0.15, -0.1) is 11.3 Å². The summed E-state index contributed by atoms with van der Waals surface area (Å²) in [6.07, 6.45) is 1.14. The summed E-state index contributed by atoms with van der Waals surface area (Å²) in [7, 11) is -3.58. The first kappa shape index (κ1) is 39.6. The topological polar surface area (TPSA) is 125 Å². The number of ether oxygens (including phenoxy) is 3.